The molecule has 0 fully saturated rings. The SMILES string of the molecule is CCc1ccc(OCOc2cccc(OC)c2CC)cc1OC. The minimum absolute atomic E-state index is 0.134. The van der Waals surface area contributed by atoms with Crippen LogP contribution in [0.5, 0.6) is 23.0 Å². The predicted octanol–water partition coefficient (Wildman–Crippen LogP) is 4.24. The molecule has 4 heteroatoms. The van der Waals surface area contributed by atoms with E-state index in [1.807, 2.05) is 36.4 Å². The summed E-state index contributed by atoms with van der Waals surface area (Å²) in [5.74, 6) is 3.17. The highest BCUT2D eigenvalue weighted by Crippen LogP contribution is 2.29. The summed E-state index contributed by atoms with van der Waals surface area (Å²) in [6.45, 7) is 4.30. The average molecular weight is 316 g/mol. The van der Waals surface area contributed by atoms with E-state index in [0.29, 0.717) is 0 Å². The van der Waals surface area contributed by atoms with E-state index in [1.54, 1.807) is 14.2 Å². The maximum Gasteiger partial charge on any atom is 0.230 e. The predicted molar refractivity (Wildman–Crippen MR) is 90.9 cm³/mol. The van der Waals surface area contributed by atoms with Crippen molar-refractivity contribution in [2.75, 3.05) is 21.0 Å². The van der Waals surface area contributed by atoms with Crippen LogP contribution in [-0.2, 0) is 12.8 Å². The molecule has 2 aromatic rings. The van der Waals surface area contributed by atoms with Crippen LogP contribution in [0.3, 0.4) is 0 Å². The van der Waals surface area contributed by atoms with E-state index in [-0.39, 0.29) is 6.79 Å². The second-order valence-electron chi connectivity index (χ2n) is 5.02. The monoisotopic (exact) mass is 316 g/mol. The third kappa shape index (κ3) is 4.09. The van der Waals surface area contributed by atoms with E-state index >= 15 is 0 Å². The Morgan fingerprint density at radius 3 is 2.17 bits per heavy atom. The fourth-order valence-electron chi connectivity index (χ4n) is 2.49. The van der Waals surface area contributed by atoms with Crippen LogP contribution in [-0.4, -0.2) is 21.0 Å². The molecule has 0 aromatic heterocycles. The molecule has 0 saturated carbocycles. The Hall–Kier alpha value is -2.36. The molecule has 0 aliphatic carbocycles. The zero-order valence-electron chi connectivity index (χ0n) is 14.2. The zero-order chi connectivity index (χ0) is 16.7. The molecular formula is C19H24O4. The lowest BCUT2D eigenvalue weighted by Gasteiger charge is -2.15. The maximum absolute atomic E-state index is 5.76. The van der Waals surface area contributed by atoms with Crippen molar-refractivity contribution in [2.24, 2.45) is 0 Å². The van der Waals surface area contributed by atoms with E-state index in [9.17, 15) is 0 Å². The summed E-state index contributed by atoms with van der Waals surface area (Å²) in [4.78, 5) is 0. The lowest BCUT2D eigenvalue weighted by Crippen LogP contribution is -2.08. The van der Waals surface area contributed by atoms with Gasteiger partial charge in [-0.3, -0.25) is 0 Å². The van der Waals surface area contributed by atoms with Crippen LogP contribution in [0.2, 0.25) is 0 Å². The second-order valence-corrected chi connectivity index (χ2v) is 5.02. The van der Waals surface area contributed by atoms with Gasteiger partial charge in [-0.2, -0.15) is 0 Å². The lowest BCUT2D eigenvalue weighted by molar-refractivity contribution is 0.118. The summed E-state index contributed by atoms with van der Waals surface area (Å²) in [7, 11) is 3.33. The van der Waals surface area contributed by atoms with Crippen LogP contribution < -0.4 is 18.9 Å². The van der Waals surface area contributed by atoms with Gasteiger partial charge >= 0.3 is 0 Å². The molecule has 23 heavy (non-hydrogen) atoms. The Labute approximate surface area is 137 Å². The van der Waals surface area contributed by atoms with Gasteiger partial charge in [0.25, 0.3) is 0 Å². The summed E-state index contributed by atoms with van der Waals surface area (Å²) < 4.78 is 22.2. The summed E-state index contributed by atoms with van der Waals surface area (Å²) in [6, 6.07) is 11.6. The van der Waals surface area contributed by atoms with E-state index < -0.39 is 0 Å². The maximum atomic E-state index is 5.76. The average Bonchev–Trinajstić information content (AvgIpc) is 2.61. The summed E-state index contributed by atoms with van der Waals surface area (Å²) in [6.07, 6.45) is 1.75. The van der Waals surface area contributed by atoms with Gasteiger partial charge in [0.15, 0.2) is 0 Å². The minimum atomic E-state index is 0.134. The van der Waals surface area contributed by atoms with Gasteiger partial charge in [0.1, 0.15) is 23.0 Å². The van der Waals surface area contributed by atoms with Crippen molar-refractivity contribution in [2.45, 2.75) is 26.7 Å². The van der Waals surface area contributed by atoms with Gasteiger partial charge in [0, 0.05) is 11.6 Å². The van der Waals surface area contributed by atoms with Crippen LogP contribution in [0.15, 0.2) is 36.4 Å². The van der Waals surface area contributed by atoms with Crippen molar-refractivity contribution in [1.82, 2.24) is 0 Å². The fraction of sp³-hybridized carbons (Fsp3) is 0.368. The van der Waals surface area contributed by atoms with Crippen molar-refractivity contribution in [1.29, 1.82) is 0 Å². The van der Waals surface area contributed by atoms with Crippen LogP contribution >= 0.6 is 0 Å². The highest BCUT2D eigenvalue weighted by molar-refractivity contribution is 5.45. The molecule has 0 aliphatic heterocycles. The van der Waals surface area contributed by atoms with Gasteiger partial charge in [-0.05, 0) is 36.6 Å². The van der Waals surface area contributed by atoms with Crippen molar-refractivity contribution >= 4 is 0 Å². The topological polar surface area (TPSA) is 36.9 Å². The van der Waals surface area contributed by atoms with Gasteiger partial charge in [-0.1, -0.05) is 26.0 Å². The lowest BCUT2D eigenvalue weighted by atomic mass is 10.1. The molecule has 4 nitrogen and oxygen atoms in total. The van der Waals surface area contributed by atoms with Crippen LogP contribution in [0, 0.1) is 0 Å². The summed E-state index contributed by atoms with van der Waals surface area (Å²) >= 11 is 0. The first-order valence-electron chi connectivity index (χ1n) is 7.81. The standard InChI is InChI=1S/C19H24O4/c1-5-14-10-11-15(12-19(14)21-4)22-13-23-18-9-7-8-17(20-3)16(18)6-2/h7-12H,5-6,13H2,1-4H3. The first-order valence-corrected chi connectivity index (χ1v) is 7.81. The molecule has 2 rings (SSSR count). The van der Waals surface area contributed by atoms with E-state index in [1.165, 1.54) is 0 Å². The molecule has 0 heterocycles. The number of hydrogen-bond donors (Lipinski definition) is 0. The summed E-state index contributed by atoms with van der Waals surface area (Å²) in [5.41, 5.74) is 2.19. The number of rotatable bonds is 8. The van der Waals surface area contributed by atoms with Crippen molar-refractivity contribution < 1.29 is 18.9 Å². The number of benzene rings is 2. The first-order chi connectivity index (χ1) is 11.2. The molecule has 0 spiro atoms. The second kappa shape index (κ2) is 8.32. The van der Waals surface area contributed by atoms with Crippen LogP contribution in [0.25, 0.3) is 0 Å². The van der Waals surface area contributed by atoms with Crippen LogP contribution in [0.4, 0.5) is 0 Å². The van der Waals surface area contributed by atoms with Gasteiger partial charge in [-0.25, -0.2) is 0 Å². The molecule has 0 amide bonds. The number of hydrogen-bond acceptors (Lipinski definition) is 4. The number of ether oxygens (including phenoxy) is 4. The first kappa shape index (κ1) is 17.0. The Kier molecular flexibility index (Phi) is 6.15. The normalized spacial score (nSPS) is 10.3. The molecule has 0 atom stereocenters. The van der Waals surface area contributed by atoms with Crippen molar-refractivity contribution in [3.05, 3.63) is 47.5 Å². The highest BCUT2D eigenvalue weighted by atomic mass is 16.7. The van der Waals surface area contributed by atoms with E-state index in [2.05, 4.69) is 13.8 Å². The van der Waals surface area contributed by atoms with Crippen molar-refractivity contribution in [3.63, 3.8) is 0 Å². The molecule has 2 aromatic carbocycles. The van der Waals surface area contributed by atoms with E-state index in [0.717, 1.165) is 47.0 Å². The molecule has 124 valence electrons. The third-order valence-corrected chi connectivity index (χ3v) is 3.74. The molecular weight excluding hydrogens is 292 g/mol. The van der Waals surface area contributed by atoms with E-state index in [4.69, 9.17) is 18.9 Å². The van der Waals surface area contributed by atoms with Gasteiger partial charge < -0.3 is 18.9 Å². The van der Waals surface area contributed by atoms with Crippen LogP contribution in [0.1, 0.15) is 25.0 Å². The Balaban J connectivity index is 2.03. The fourth-order valence-corrected chi connectivity index (χ4v) is 2.49. The van der Waals surface area contributed by atoms with Gasteiger partial charge in [-0.15, -0.1) is 0 Å². The molecule has 0 aliphatic rings. The summed E-state index contributed by atoms with van der Waals surface area (Å²) in [5, 5.41) is 0. The third-order valence-electron chi connectivity index (χ3n) is 3.74. The quantitative estimate of drug-likeness (QED) is 0.682. The molecule has 0 N–H and O–H groups in total. The number of aryl methyl sites for hydroxylation is 1. The molecule has 0 radical (unpaired) electrons. The van der Waals surface area contributed by atoms with Gasteiger partial charge in [0.05, 0.1) is 14.2 Å². The Morgan fingerprint density at radius 2 is 1.52 bits per heavy atom. The number of methoxy groups -OCH3 is 2. The van der Waals surface area contributed by atoms with Crippen molar-refractivity contribution in [3.8, 4) is 23.0 Å². The molecule has 0 bridgehead atoms. The Bertz CT molecular complexity index is 637. The highest BCUT2D eigenvalue weighted by Gasteiger charge is 2.09. The van der Waals surface area contributed by atoms with Gasteiger partial charge in [0.2, 0.25) is 6.79 Å². The molecule has 0 unspecified atom stereocenters. The smallest absolute Gasteiger partial charge is 0.230 e. The zero-order valence-corrected chi connectivity index (χ0v) is 14.2. The Morgan fingerprint density at radius 1 is 0.783 bits per heavy atom. The minimum Gasteiger partial charge on any atom is -0.496 e. The molecule has 0 saturated heterocycles. The largest absolute Gasteiger partial charge is 0.496 e.